The van der Waals surface area contributed by atoms with Gasteiger partial charge in [0.25, 0.3) is 0 Å². The number of aryl methyl sites for hydroxylation is 1. The van der Waals surface area contributed by atoms with E-state index in [0.717, 1.165) is 25.5 Å². The molecule has 0 aromatic heterocycles. The van der Waals surface area contributed by atoms with Crippen molar-refractivity contribution in [2.24, 2.45) is 5.92 Å². The molecule has 14 heavy (non-hydrogen) atoms. The lowest BCUT2D eigenvalue weighted by atomic mass is 9.75. The highest BCUT2D eigenvalue weighted by Gasteiger charge is 2.24. The quantitative estimate of drug-likeness (QED) is 0.652. The summed E-state index contributed by atoms with van der Waals surface area (Å²) in [6.45, 7) is 2.24. The van der Waals surface area contributed by atoms with Crippen LogP contribution in [0.5, 0.6) is 0 Å². The summed E-state index contributed by atoms with van der Waals surface area (Å²) in [7, 11) is 0. The van der Waals surface area contributed by atoms with E-state index in [4.69, 9.17) is 0 Å². The predicted octanol–water partition coefficient (Wildman–Crippen LogP) is 2.94. The Morgan fingerprint density at radius 2 is 2.21 bits per heavy atom. The van der Waals surface area contributed by atoms with Gasteiger partial charge in [0, 0.05) is 6.42 Å². The van der Waals surface area contributed by atoms with Gasteiger partial charge in [0.1, 0.15) is 6.29 Å². The van der Waals surface area contributed by atoms with Crippen molar-refractivity contribution in [2.75, 3.05) is 0 Å². The molecule has 1 aliphatic carbocycles. The molecule has 0 radical (unpaired) electrons. The highest BCUT2D eigenvalue weighted by Crippen LogP contribution is 2.36. The molecule has 0 saturated heterocycles. The second-order valence-electron chi connectivity index (χ2n) is 4.19. The largest absolute Gasteiger partial charge is 0.303 e. The maximum atomic E-state index is 10.5. The van der Waals surface area contributed by atoms with E-state index in [-0.39, 0.29) is 0 Å². The molecule has 0 N–H and O–H groups in total. The molecular weight excluding hydrogens is 172 g/mol. The minimum absolute atomic E-state index is 0.546. The fourth-order valence-electron chi connectivity index (χ4n) is 2.50. The Labute approximate surface area is 85.1 Å². The van der Waals surface area contributed by atoms with Gasteiger partial charge in [-0.1, -0.05) is 31.2 Å². The van der Waals surface area contributed by atoms with E-state index < -0.39 is 0 Å². The average molecular weight is 188 g/mol. The summed E-state index contributed by atoms with van der Waals surface area (Å²) in [5.74, 6) is 1.10. The van der Waals surface area contributed by atoms with Crippen molar-refractivity contribution in [1.29, 1.82) is 0 Å². The van der Waals surface area contributed by atoms with Crippen molar-refractivity contribution in [2.45, 2.75) is 32.1 Å². The fourth-order valence-corrected chi connectivity index (χ4v) is 2.50. The number of carbonyl (C=O) groups is 1. The molecule has 0 bridgehead atoms. The predicted molar refractivity (Wildman–Crippen MR) is 57.3 cm³/mol. The van der Waals surface area contributed by atoms with Crippen molar-refractivity contribution in [1.82, 2.24) is 0 Å². The van der Waals surface area contributed by atoms with E-state index in [2.05, 4.69) is 31.2 Å². The lowest BCUT2D eigenvalue weighted by Crippen LogP contribution is -2.18. The van der Waals surface area contributed by atoms with E-state index in [1.165, 1.54) is 11.1 Å². The zero-order chi connectivity index (χ0) is 9.97. The van der Waals surface area contributed by atoms with Crippen LogP contribution in [0.3, 0.4) is 0 Å². The topological polar surface area (TPSA) is 17.1 Å². The maximum absolute atomic E-state index is 10.5. The highest BCUT2D eigenvalue weighted by atomic mass is 16.1. The molecule has 2 rings (SSSR count). The van der Waals surface area contributed by atoms with Crippen LogP contribution in [0.25, 0.3) is 0 Å². The summed E-state index contributed by atoms with van der Waals surface area (Å²) in [5, 5.41) is 0. The van der Waals surface area contributed by atoms with Gasteiger partial charge in [-0.2, -0.15) is 0 Å². The average Bonchev–Trinajstić information content (AvgIpc) is 2.23. The van der Waals surface area contributed by atoms with Gasteiger partial charge in [-0.15, -0.1) is 0 Å². The van der Waals surface area contributed by atoms with Crippen molar-refractivity contribution < 1.29 is 4.79 Å². The van der Waals surface area contributed by atoms with Crippen molar-refractivity contribution in [3.63, 3.8) is 0 Å². The minimum atomic E-state index is 0.546. The van der Waals surface area contributed by atoms with Gasteiger partial charge in [0.15, 0.2) is 0 Å². The second kappa shape index (κ2) is 3.95. The number of carbonyl (C=O) groups excluding carboxylic acids is 1. The van der Waals surface area contributed by atoms with Crippen LogP contribution in [0.4, 0.5) is 0 Å². The number of fused-ring (bicyclic) bond motifs is 1. The smallest absolute Gasteiger partial charge is 0.120 e. The first-order valence-electron chi connectivity index (χ1n) is 5.34. The third kappa shape index (κ3) is 1.59. The molecule has 0 saturated carbocycles. The first-order valence-corrected chi connectivity index (χ1v) is 5.34. The van der Waals surface area contributed by atoms with Gasteiger partial charge in [-0.25, -0.2) is 0 Å². The van der Waals surface area contributed by atoms with Crippen LogP contribution in [0.1, 0.15) is 36.8 Å². The Balaban J connectivity index is 2.26. The number of benzene rings is 1. The van der Waals surface area contributed by atoms with Gasteiger partial charge in [0.05, 0.1) is 0 Å². The van der Waals surface area contributed by atoms with Crippen LogP contribution >= 0.6 is 0 Å². The third-order valence-electron chi connectivity index (χ3n) is 3.44. The van der Waals surface area contributed by atoms with Crippen molar-refractivity contribution in [3.05, 3.63) is 35.4 Å². The molecule has 1 aromatic carbocycles. The van der Waals surface area contributed by atoms with Crippen molar-refractivity contribution in [3.8, 4) is 0 Å². The molecule has 0 fully saturated rings. The Morgan fingerprint density at radius 1 is 1.43 bits per heavy atom. The minimum Gasteiger partial charge on any atom is -0.303 e. The van der Waals surface area contributed by atoms with E-state index in [9.17, 15) is 4.79 Å². The first kappa shape index (κ1) is 9.45. The molecule has 1 heteroatoms. The molecular formula is C13H16O. The van der Waals surface area contributed by atoms with Crippen LogP contribution in [-0.4, -0.2) is 6.29 Å². The number of hydrogen-bond donors (Lipinski definition) is 0. The Kier molecular flexibility index (Phi) is 2.67. The SMILES string of the molecule is C[C@@H]1c2ccccc2CC[C@H]1CC=O. The summed E-state index contributed by atoms with van der Waals surface area (Å²) in [4.78, 5) is 10.5. The zero-order valence-electron chi connectivity index (χ0n) is 8.57. The molecule has 0 amide bonds. The van der Waals surface area contributed by atoms with Crippen LogP contribution in [0.15, 0.2) is 24.3 Å². The van der Waals surface area contributed by atoms with Gasteiger partial charge >= 0.3 is 0 Å². The standard InChI is InChI=1S/C13H16O/c1-10-11(8-9-14)6-7-12-4-2-3-5-13(10)12/h2-5,9-11H,6-8H2,1H3/t10-,11-/m0/s1. The molecule has 74 valence electrons. The summed E-state index contributed by atoms with van der Waals surface area (Å²) < 4.78 is 0. The van der Waals surface area contributed by atoms with Gasteiger partial charge in [0.2, 0.25) is 0 Å². The van der Waals surface area contributed by atoms with Crippen LogP contribution in [-0.2, 0) is 11.2 Å². The van der Waals surface area contributed by atoms with Gasteiger partial charge in [-0.3, -0.25) is 0 Å². The molecule has 0 spiro atoms. The molecule has 0 aliphatic heterocycles. The molecule has 0 heterocycles. The normalized spacial score (nSPS) is 25.5. The summed E-state index contributed by atoms with van der Waals surface area (Å²) in [6, 6.07) is 8.62. The molecule has 1 aliphatic rings. The number of hydrogen-bond acceptors (Lipinski definition) is 1. The molecule has 1 nitrogen and oxygen atoms in total. The monoisotopic (exact) mass is 188 g/mol. The summed E-state index contributed by atoms with van der Waals surface area (Å²) >= 11 is 0. The Morgan fingerprint density at radius 3 is 3.00 bits per heavy atom. The third-order valence-corrected chi connectivity index (χ3v) is 3.44. The second-order valence-corrected chi connectivity index (χ2v) is 4.19. The van der Waals surface area contributed by atoms with Gasteiger partial charge < -0.3 is 4.79 Å². The number of rotatable bonds is 2. The van der Waals surface area contributed by atoms with Crippen LogP contribution in [0.2, 0.25) is 0 Å². The van der Waals surface area contributed by atoms with E-state index in [1.54, 1.807) is 0 Å². The van der Waals surface area contributed by atoms with E-state index in [0.29, 0.717) is 11.8 Å². The van der Waals surface area contributed by atoms with Crippen LogP contribution < -0.4 is 0 Å². The zero-order valence-corrected chi connectivity index (χ0v) is 8.57. The molecule has 2 atom stereocenters. The van der Waals surface area contributed by atoms with E-state index in [1.807, 2.05) is 0 Å². The maximum Gasteiger partial charge on any atom is 0.120 e. The highest BCUT2D eigenvalue weighted by molar-refractivity contribution is 5.50. The Hall–Kier alpha value is -1.11. The molecule has 1 aromatic rings. The fraction of sp³-hybridized carbons (Fsp3) is 0.462. The lowest BCUT2D eigenvalue weighted by molar-refractivity contribution is -0.108. The number of aldehydes is 1. The Bertz CT molecular complexity index is 330. The van der Waals surface area contributed by atoms with Gasteiger partial charge in [-0.05, 0) is 35.8 Å². The first-order chi connectivity index (χ1) is 6.83. The lowest BCUT2D eigenvalue weighted by Gasteiger charge is -2.29. The van der Waals surface area contributed by atoms with E-state index >= 15 is 0 Å². The summed E-state index contributed by atoms with van der Waals surface area (Å²) in [6.07, 6.45) is 4.08. The van der Waals surface area contributed by atoms with Crippen molar-refractivity contribution >= 4 is 6.29 Å². The van der Waals surface area contributed by atoms with Crippen LogP contribution in [0, 0.1) is 5.92 Å². The molecule has 0 unspecified atom stereocenters. The summed E-state index contributed by atoms with van der Waals surface area (Å²) in [5.41, 5.74) is 2.92.